The summed E-state index contributed by atoms with van der Waals surface area (Å²) in [5.41, 5.74) is 0.639. The number of Topliss-reactive ketones (excluding diaryl/α,β-unsaturated/α-hetero) is 1. The van der Waals surface area contributed by atoms with E-state index in [4.69, 9.17) is 0 Å². The molecule has 6 heteroatoms. The van der Waals surface area contributed by atoms with Gasteiger partial charge in [-0.2, -0.15) is 0 Å². The molecule has 2 saturated heterocycles. The Labute approximate surface area is 154 Å². The third kappa shape index (κ3) is 5.48. The maximum Gasteiger partial charge on any atom is 0.143 e. The molecule has 144 valence electrons. The molecule has 4 nitrogen and oxygen atoms in total. The molecule has 0 saturated carbocycles. The number of piperazine rings is 1. The van der Waals surface area contributed by atoms with Crippen molar-refractivity contribution < 1.29 is 13.6 Å². The van der Waals surface area contributed by atoms with Crippen LogP contribution in [0.25, 0.3) is 0 Å². The van der Waals surface area contributed by atoms with Crippen molar-refractivity contribution in [2.45, 2.75) is 26.2 Å². The fourth-order valence-electron chi connectivity index (χ4n) is 4.06. The molecule has 2 aliphatic heterocycles. The Morgan fingerprint density at radius 1 is 0.962 bits per heavy atom. The third-order valence-corrected chi connectivity index (χ3v) is 5.59. The molecule has 0 atom stereocenters. The quantitative estimate of drug-likeness (QED) is 0.775. The van der Waals surface area contributed by atoms with Crippen LogP contribution in [0.5, 0.6) is 0 Å². The topological polar surface area (TPSA) is 26.8 Å². The van der Waals surface area contributed by atoms with Crippen molar-refractivity contribution >= 4 is 11.5 Å². The molecule has 0 spiro atoms. The number of piperidine rings is 1. The lowest BCUT2D eigenvalue weighted by atomic mass is 9.93. The number of benzene rings is 1. The Kier molecular flexibility index (Phi) is 6.59. The molecule has 2 heterocycles. The first kappa shape index (κ1) is 19.2. The summed E-state index contributed by atoms with van der Waals surface area (Å²) >= 11 is 0. The monoisotopic (exact) mass is 365 g/mol. The van der Waals surface area contributed by atoms with Gasteiger partial charge in [0.05, 0.1) is 6.54 Å². The van der Waals surface area contributed by atoms with Gasteiger partial charge in [0.25, 0.3) is 0 Å². The molecule has 0 amide bonds. The first-order valence-corrected chi connectivity index (χ1v) is 9.65. The van der Waals surface area contributed by atoms with Crippen molar-refractivity contribution in [3.8, 4) is 0 Å². The van der Waals surface area contributed by atoms with Gasteiger partial charge in [0.2, 0.25) is 0 Å². The summed E-state index contributed by atoms with van der Waals surface area (Å²) in [5.74, 6) is -0.0369. The van der Waals surface area contributed by atoms with Crippen molar-refractivity contribution in [3.63, 3.8) is 0 Å². The normalized spacial score (nSPS) is 20.5. The molecule has 0 bridgehead atoms. The SMILES string of the molecule is CC(=O)CN1CCC(CCN2CCN(c3cc(F)cc(F)c3)CC2)CC1. The molecule has 0 radical (unpaired) electrons. The predicted molar refractivity (Wildman–Crippen MR) is 99.5 cm³/mol. The lowest BCUT2D eigenvalue weighted by Gasteiger charge is -2.37. The van der Waals surface area contributed by atoms with Crippen molar-refractivity contribution in [3.05, 3.63) is 29.8 Å². The maximum absolute atomic E-state index is 13.4. The first-order chi connectivity index (χ1) is 12.5. The molecule has 1 aromatic rings. The lowest BCUT2D eigenvalue weighted by molar-refractivity contribution is -0.118. The average Bonchev–Trinajstić information content (AvgIpc) is 2.60. The Morgan fingerprint density at radius 3 is 2.15 bits per heavy atom. The second kappa shape index (κ2) is 8.91. The second-order valence-electron chi connectivity index (χ2n) is 7.67. The number of hydrogen-bond acceptors (Lipinski definition) is 4. The standard InChI is InChI=1S/C20H29F2N3O/c1-16(26)15-24-6-3-17(4-7-24)2-5-23-8-10-25(11-9-23)20-13-18(21)12-19(22)14-20/h12-14,17H,2-11,15H2,1H3. The number of hydrogen-bond donors (Lipinski definition) is 0. The summed E-state index contributed by atoms with van der Waals surface area (Å²) in [6, 6.07) is 3.74. The van der Waals surface area contributed by atoms with E-state index in [2.05, 4.69) is 14.7 Å². The van der Waals surface area contributed by atoms with Gasteiger partial charge in [0.1, 0.15) is 17.4 Å². The second-order valence-corrected chi connectivity index (χ2v) is 7.67. The number of nitrogens with zero attached hydrogens (tertiary/aromatic N) is 3. The van der Waals surface area contributed by atoms with E-state index in [1.807, 2.05) is 0 Å². The van der Waals surface area contributed by atoms with Crippen molar-refractivity contribution in [1.29, 1.82) is 0 Å². The van der Waals surface area contributed by atoms with Gasteiger partial charge in [-0.15, -0.1) is 0 Å². The Morgan fingerprint density at radius 2 is 1.58 bits per heavy atom. The van der Waals surface area contributed by atoms with Gasteiger partial charge < -0.3 is 4.90 Å². The number of halogens is 2. The molecule has 0 N–H and O–H groups in total. The number of ketones is 1. The Hall–Kier alpha value is -1.53. The molecule has 0 aromatic heterocycles. The Bertz CT molecular complexity index is 589. The summed E-state index contributed by atoms with van der Waals surface area (Å²) < 4.78 is 26.8. The highest BCUT2D eigenvalue weighted by Gasteiger charge is 2.22. The predicted octanol–water partition coefficient (Wildman–Crippen LogP) is 2.78. The minimum atomic E-state index is -0.515. The van der Waals surface area contributed by atoms with Gasteiger partial charge in [-0.3, -0.25) is 14.6 Å². The zero-order valence-electron chi connectivity index (χ0n) is 15.6. The molecule has 0 aliphatic carbocycles. The number of likely N-dealkylation sites (tertiary alicyclic amines) is 1. The van der Waals surface area contributed by atoms with Crippen LogP contribution in [0, 0.1) is 17.6 Å². The van der Waals surface area contributed by atoms with Crippen LogP contribution in [0.3, 0.4) is 0 Å². The van der Waals surface area contributed by atoms with Crippen LogP contribution in [0.2, 0.25) is 0 Å². The zero-order chi connectivity index (χ0) is 18.5. The van der Waals surface area contributed by atoms with Crippen LogP contribution in [0.15, 0.2) is 18.2 Å². The van der Waals surface area contributed by atoms with Crippen molar-refractivity contribution in [2.75, 3.05) is 57.3 Å². The summed E-state index contributed by atoms with van der Waals surface area (Å²) in [7, 11) is 0. The van der Waals surface area contributed by atoms with Crippen molar-refractivity contribution in [2.24, 2.45) is 5.92 Å². The van der Waals surface area contributed by atoms with E-state index < -0.39 is 11.6 Å². The van der Waals surface area contributed by atoms with Gasteiger partial charge in [-0.25, -0.2) is 8.78 Å². The van der Waals surface area contributed by atoms with E-state index in [1.54, 1.807) is 6.92 Å². The van der Waals surface area contributed by atoms with Gasteiger partial charge in [0.15, 0.2) is 0 Å². The van der Waals surface area contributed by atoms with Crippen molar-refractivity contribution in [1.82, 2.24) is 9.80 Å². The lowest BCUT2D eigenvalue weighted by Crippen LogP contribution is -2.47. The molecule has 26 heavy (non-hydrogen) atoms. The van der Waals surface area contributed by atoms with Crippen LogP contribution in [-0.2, 0) is 4.79 Å². The highest BCUT2D eigenvalue weighted by atomic mass is 19.1. The zero-order valence-corrected chi connectivity index (χ0v) is 15.6. The van der Waals surface area contributed by atoms with Gasteiger partial charge in [-0.05, 0) is 63.9 Å². The highest BCUT2D eigenvalue weighted by molar-refractivity contribution is 5.77. The summed E-state index contributed by atoms with van der Waals surface area (Å²) in [5, 5.41) is 0. The van der Waals surface area contributed by atoms with E-state index in [1.165, 1.54) is 31.4 Å². The van der Waals surface area contributed by atoms with E-state index in [0.29, 0.717) is 12.2 Å². The van der Waals surface area contributed by atoms with Crippen LogP contribution in [-0.4, -0.2) is 67.9 Å². The summed E-state index contributed by atoms with van der Waals surface area (Å²) in [6.45, 7) is 8.87. The number of rotatable bonds is 6. The largest absolute Gasteiger partial charge is 0.369 e. The fraction of sp³-hybridized carbons (Fsp3) is 0.650. The van der Waals surface area contributed by atoms with E-state index in [-0.39, 0.29) is 5.78 Å². The molecule has 0 unspecified atom stereocenters. The molecule has 2 aliphatic rings. The average molecular weight is 365 g/mol. The molecule has 1 aromatic carbocycles. The van der Waals surface area contributed by atoms with E-state index in [0.717, 1.165) is 57.8 Å². The van der Waals surface area contributed by atoms with Gasteiger partial charge in [0, 0.05) is 37.9 Å². The molecular weight excluding hydrogens is 336 g/mol. The van der Waals surface area contributed by atoms with Crippen LogP contribution in [0.4, 0.5) is 14.5 Å². The summed E-state index contributed by atoms with van der Waals surface area (Å²) in [4.78, 5) is 18.0. The van der Waals surface area contributed by atoms with Gasteiger partial charge in [-0.1, -0.05) is 0 Å². The maximum atomic E-state index is 13.4. The molecular formula is C20H29F2N3O. The minimum Gasteiger partial charge on any atom is -0.369 e. The van der Waals surface area contributed by atoms with Crippen LogP contribution < -0.4 is 4.90 Å². The number of carbonyl (C=O) groups is 1. The molecule has 2 fully saturated rings. The van der Waals surface area contributed by atoms with E-state index >= 15 is 0 Å². The highest BCUT2D eigenvalue weighted by Crippen LogP contribution is 2.22. The number of carbonyl (C=O) groups excluding carboxylic acids is 1. The fourth-order valence-corrected chi connectivity index (χ4v) is 4.06. The third-order valence-electron chi connectivity index (χ3n) is 5.59. The van der Waals surface area contributed by atoms with Gasteiger partial charge >= 0.3 is 0 Å². The first-order valence-electron chi connectivity index (χ1n) is 9.65. The molecule has 3 rings (SSSR count). The minimum absolute atomic E-state index is 0.250. The summed E-state index contributed by atoms with van der Waals surface area (Å²) in [6.07, 6.45) is 3.55. The van der Waals surface area contributed by atoms with Crippen LogP contribution in [0.1, 0.15) is 26.2 Å². The van der Waals surface area contributed by atoms with Crippen LogP contribution >= 0.6 is 0 Å². The number of anilines is 1. The van der Waals surface area contributed by atoms with E-state index in [9.17, 15) is 13.6 Å². The Balaban J connectivity index is 1.37. The smallest absolute Gasteiger partial charge is 0.143 e.